The largest absolute Gasteiger partial charge is 0.493 e. The van der Waals surface area contributed by atoms with Crippen molar-refractivity contribution in [3.63, 3.8) is 0 Å². The number of esters is 2. The van der Waals surface area contributed by atoms with E-state index in [1.54, 1.807) is 48.5 Å². The maximum absolute atomic E-state index is 12.5. The van der Waals surface area contributed by atoms with E-state index in [1.165, 1.54) is 0 Å². The van der Waals surface area contributed by atoms with Gasteiger partial charge in [-0.2, -0.15) is 0 Å². The van der Waals surface area contributed by atoms with E-state index in [-0.39, 0.29) is 24.5 Å². The first-order chi connectivity index (χ1) is 15.5. The number of ether oxygens (including phenoxy) is 4. The molecule has 32 heavy (non-hydrogen) atoms. The van der Waals surface area contributed by atoms with E-state index in [0.717, 1.165) is 0 Å². The first-order valence-electron chi connectivity index (χ1n) is 10.4. The number of hydrogen-bond acceptors (Lipinski definition) is 6. The first-order valence-corrected chi connectivity index (χ1v) is 10.4. The monoisotopic (exact) mass is 434 g/mol. The number of carbonyl (C=O) groups excluding carboxylic acids is 2. The molecule has 0 heterocycles. The summed E-state index contributed by atoms with van der Waals surface area (Å²) in [6, 6.07) is 22.4. The molecule has 166 valence electrons. The first kappa shape index (κ1) is 22.9. The van der Waals surface area contributed by atoms with Crippen molar-refractivity contribution in [2.24, 2.45) is 5.92 Å². The molecular formula is C26H26O6. The van der Waals surface area contributed by atoms with E-state index >= 15 is 0 Å². The van der Waals surface area contributed by atoms with Gasteiger partial charge in [-0.25, -0.2) is 9.59 Å². The quantitative estimate of drug-likeness (QED) is 0.249. The highest BCUT2D eigenvalue weighted by molar-refractivity contribution is 5.96. The van der Waals surface area contributed by atoms with Crippen LogP contribution >= 0.6 is 0 Å². The standard InChI is InChI=1S/C26H26O6/c1-19(2)18-31-22-14-12-20(13-15-22)25(27)32-24-11-7-6-10-23(24)26(28)30-17-16-29-21-8-4-3-5-9-21/h3-15,19H,16-18H2,1-2H3. The summed E-state index contributed by atoms with van der Waals surface area (Å²) in [6.07, 6.45) is 0. The zero-order valence-electron chi connectivity index (χ0n) is 18.2. The Balaban J connectivity index is 1.55. The Morgan fingerprint density at radius 1 is 0.719 bits per heavy atom. The van der Waals surface area contributed by atoms with Gasteiger partial charge in [0, 0.05) is 0 Å². The lowest BCUT2D eigenvalue weighted by Crippen LogP contribution is -2.15. The third-order valence-electron chi connectivity index (χ3n) is 4.31. The Morgan fingerprint density at radius 3 is 2.09 bits per heavy atom. The van der Waals surface area contributed by atoms with Gasteiger partial charge >= 0.3 is 11.9 Å². The van der Waals surface area contributed by atoms with Gasteiger partial charge in [0.1, 0.15) is 36.0 Å². The molecule has 0 atom stereocenters. The van der Waals surface area contributed by atoms with Crippen molar-refractivity contribution in [1.82, 2.24) is 0 Å². The molecule has 0 aromatic heterocycles. The molecule has 3 aromatic rings. The molecule has 6 heteroatoms. The zero-order valence-corrected chi connectivity index (χ0v) is 18.2. The van der Waals surface area contributed by atoms with E-state index < -0.39 is 11.9 Å². The lowest BCUT2D eigenvalue weighted by atomic mass is 10.2. The van der Waals surface area contributed by atoms with Crippen molar-refractivity contribution in [3.05, 3.63) is 90.0 Å². The summed E-state index contributed by atoms with van der Waals surface area (Å²) in [7, 11) is 0. The van der Waals surface area contributed by atoms with Crippen LogP contribution in [0.4, 0.5) is 0 Å². The van der Waals surface area contributed by atoms with Gasteiger partial charge in [-0.05, 0) is 54.4 Å². The summed E-state index contributed by atoms with van der Waals surface area (Å²) < 4.78 is 21.9. The molecule has 0 aliphatic carbocycles. The Labute approximate surface area is 187 Å². The van der Waals surface area contributed by atoms with Gasteiger partial charge in [0.2, 0.25) is 0 Å². The smallest absolute Gasteiger partial charge is 0.343 e. The molecule has 3 rings (SSSR count). The molecule has 6 nitrogen and oxygen atoms in total. The zero-order chi connectivity index (χ0) is 22.8. The molecule has 3 aromatic carbocycles. The van der Waals surface area contributed by atoms with Crippen LogP contribution in [0.1, 0.15) is 34.6 Å². The lowest BCUT2D eigenvalue weighted by Gasteiger charge is -2.11. The molecule has 0 aliphatic rings. The molecule has 0 saturated heterocycles. The summed E-state index contributed by atoms with van der Waals surface area (Å²) in [6.45, 7) is 4.99. The van der Waals surface area contributed by atoms with Crippen molar-refractivity contribution >= 4 is 11.9 Å². The number of para-hydroxylation sites is 2. The Kier molecular flexibility index (Phi) is 8.26. The highest BCUT2D eigenvalue weighted by Crippen LogP contribution is 2.21. The second-order valence-corrected chi connectivity index (χ2v) is 7.41. The molecular weight excluding hydrogens is 408 g/mol. The molecule has 0 saturated carbocycles. The minimum absolute atomic E-state index is 0.0633. The minimum Gasteiger partial charge on any atom is -0.493 e. The fourth-order valence-electron chi connectivity index (χ4n) is 2.72. The molecule has 0 bridgehead atoms. The number of benzene rings is 3. The highest BCUT2D eigenvalue weighted by Gasteiger charge is 2.17. The molecule has 0 amide bonds. The fraction of sp³-hybridized carbons (Fsp3) is 0.231. The van der Waals surface area contributed by atoms with Crippen LogP contribution < -0.4 is 14.2 Å². The summed E-state index contributed by atoms with van der Waals surface area (Å²) in [5.74, 6) is 0.735. The van der Waals surface area contributed by atoms with Crippen LogP contribution in [-0.4, -0.2) is 31.8 Å². The predicted molar refractivity (Wildman–Crippen MR) is 120 cm³/mol. The van der Waals surface area contributed by atoms with Gasteiger partial charge in [-0.1, -0.05) is 44.2 Å². The summed E-state index contributed by atoms with van der Waals surface area (Å²) in [5, 5.41) is 0. The minimum atomic E-state index is -0.595. The average molecular weight is 434 g/mol. The maximum atomic E-state index is 12.5. The van der Waals surface area contributed by atoms with Gasteiger partial charge in [0.15, 0.2) is 0 Å². The summed E-state index contributed by atoms with van der Waals surface area (Å²) >= 11 is 0. The highest BCUT2D eigenvalue weighted by atomic mass is 16.6. The molecule has 0 unspecified atom stereocenters. The van der Waals surface area contributed by atoms with Crippen LogP contribution in [0.2, 0.25) is 0 Å². The lowest BCUT2D eigenvalue weighted by molar-refractivity contribution is 0.0445. The average Bonchev–Trinajstić information content (AvgIpc) is 2.81. The summed E-state index contributed by atoms with van der Waals surface area (Å²) in [4.78, 5) is 25.0. The van der Waals surface area contributed by atoms with Crippen LogP contribution in [0.25, 0.3) is 0 Å². The van der Waals surface area contributed by atoms with Crippen molar-refractivity contribution in [2.75, 3.05) is 19.8 Å². The maximum Gasteiger partial charge on any atom is 0.343 e. The van der Waals surface area contributed by atoms with Gasteiger partial charge < -0.3 is 18.9 Å². The van der Waals surface area contributed by atoms with Crippen molar-refractivity contribution in [3.8, 4) is 17.2 Å². The second-order valence-electron chi connectivity index (χ2n) is 7.41. The van der Waals surface area contributed by atoms with E-state index in [2.05, 4.69) is 13.8 Å². The van der Waals surface area contributed by atoms with E-state index in [0.29, 0.717) is 29.6 Å². The van der Waals surface area contributed by atoms with Crippen LogP contribution in [0.15, 0.2) is 78.9 Å². The third kappa shape index (κ3) is 6.87. The molecule has 0 fully saturated rings. The Hall–Kier alpha value is -3.80. The van der Waals surface area contributed by atoms with Crippen LogP contribution in [0.5, 0.6) is 17.2 Å². The third-order valence-corrected chi connectivity index (χ3v) is 4.31. The molecule has 0 aliphatic heterocycles. The number of hydrogen-bond donors (Lipinski definition) is 0. The van der Waals surface area contributed by atoms with E-state index in [4.69, 9.17) is 18.9 Å². The van der Waals surface area contributed by atoms with Crippen molar-refractivity contribution in [2.45, 2.75) is 13.8 Å². The summed E-state index contributed by atoms with van der Waals surface area (Å²) in [5.41, 5.74) is 0.513. The normalized spacial score (nSPS) is 10.5. The number of rotatable bonds is 10. The fourth-order valence-corrected chi connectivity index (χ4v) is 2.72. The van der Waals surface area contributed by atoms with Crippen molar-refractivity contribution in [1.29, 1.82) is 0 Å². The van der Waals surface area contributed by atoms with E-state index in [9.17, 15) is 9.59 Å². The Bertz CT molecular complexity index is 1010. The molecule has 0 N–H and O–H groups in total. The van der Waals surface area contributed by atoms with Gasteiger partial charge in [0.05, 0.1) is 12.2 Å². The molecule has 0 radical (unpaired) electrons. The van der Waals surface area contributed by atoms with Gasteiger partial charge in [0.25, 0.3) is 0 Å². The van der Waals surface area contributed by atoms with Crippen LogP contribution in [0, 0.1) is 5.92 Å². The van der Waals surface area contributed by atoms with Gasteiger partial charge in [-0.3, -0.25) is 0 Å². The van der Waals surface area contributed by atoms with E-state index in [1.807, 2.05) is 30.3 Å². The van der Waals surface area contributed by atoms with Crippen LogP contribution in [-0.2, 0) is 4.74 Å². The molecule has 0 spiro atoms. The number of carbonyl (C=O) groups is 2. The van der Waals surface area contributed by atoms with Crippen LogP contribution in [0.3, 0.4) is 0 Å². The van der Waals surface area contributed by atoms with Crippen molar-refractivity contribution < 1.29 is 28.5 Å². The van der Waals surface area contributed by atoms with Gasteiger partial charge in [-0.15, -0.1) is 0 Å². The Morgan fingerprint density at radius 2 is 1.38 bits per heavy atom. The SMILES string of the molecule is CC(C)COc1ccc(C(=O)Oc2ccccc2C(=O)OCCOc2ccccc2)cc1. The topological polar surface area (TPSA) is 71.1 Å². The second kappa shape index (κ2) is 11.6. The predicted octanol–water partition coefficient (Wildman–Crippen LogP) is 5.18.